The smallest absolute Gasteiger partial charge is 0.283 e. The summed E-state index contributed by atoms with van der Waals surface area (Å²) in [5.41, 5.74) is -1.32. The van der Waals surface area contributed by atoms with Crippen LogP contribution in [0.5, 0.6) is 0 Å². The molecular formula is C10H17BO6. The largest absolute Gasteiger partial charge is 0.440 e. The zero-order valence-corrected chi connectivity index (χ0v) is 10.1. The van der Waals surface area contributed by atoms with Crippen molar-refractivity contribution >= 4 is 8.05 Å². The van der Waals surface area contributed by atoms with Crippen LogP contribution in [0.2, 0.25) is 0 Å². The van der Waals surface area contributed by atoms with Crippen LogP contribution in [0.3, 0.4) is 0 Å². The zero-order chi connectivity index (χ0) is 12.8. The lowest BCUT2D eigenvalue weighted by atomic mass is 9.90. The number of rotatable bonds is 3. The molecule has 0 unspecified atom stereocenters. The van der Waals surface area contributed by atoms with Crippen LogP contribution in [0.15, 0.2) is 0 Å². The van der Waals surface area contributed by atoms with Gasteiger partial charge in [-0.25, -0.2) is 0 Å². The summed E-state index contributed by atoms with van der Waals surface area (Å²) in [5, 5.41) is 19.2. The molecule has 2 N–H and O–H groups in total. The number of ether oxygens (including phenoxy) is 3. The van der Waals surface area contributed by atoms with Crippen LogP contribution in [-0.2, 0) is 18.9 Å². The number of aliphatic hydroxyl groups excluding tert-OH is 2. The molecule has 6 nitrogen and oxygen atoms in total. The van der Waals surface area contributed by atoms with Crippen molar-refractivity contribution in [3.63, 3.8) is 0 Å². The number of hydrogen-bond acceptors (Lipinski definition) is 6. The van der Waals surface area contributed by atoms with Gasteiger partial charge < -0.3 is 29.1 Å². The second kappa shape index (κ2) is 4.19. The minimum Gasteiger partial charge on any atom is -0.440 e. The molecule has 0 aromatic rings. The molecule has 0 aromatic heterocycles. The average Bonchev–Trinajstić information content (AvgIpc) is 2.66. The molecule has 96 valence electrons. The molecule has 2 fully saturated rings. The Morgan fingerprint density at radius 1 is 1.35 bits per heavy atom. The molecule has 7 heteroatoms. The Hall–Kier alpha value is -0.175. The van der Waals surface area contributed by atoms with Gasteiger partial charge in [-0.1, -0.05) is 0 Å². The van der Waals surface area contributed by atoms with Crippen molar-refractivity contribution in [2.75, 3.05) is 6.61 Å². The summed E-state index contributed by atoms with van der Waals surface area (Å²) in [5.74, 6) is -0.799. The van der Waals surface area contributed by atoms with Crippen LogP contribution in [0, 0.1) is 0 Å². The van der Waals surface area contributed by atoms with Crippen LogP contribution in [-0.4, -0.2) is 60.9 Å². The Morgan fingerprint density at radius 2 is 2.00 bits per heavy atom. The van der Waals surface area contributed by atoms with E-state index >= 15 is 0 Å². The molecular weight excluding hydrogens is 227 g/mol. The number of aliphatic hydroxyl groups is 2. The fourth-order valence-electron chi connectivity index (χ4n) is 2.40. The van der Waals surface area contributed by atoms with Gasteiger partial charge in [-0.2, -0.15) is 0 Å². The van der Waals surface area contributed by atoms with E-state index in [1.807, 2.05) is 0 Å². The van der Waals surface area contributed by atoms with Crippen molar-refractivity contribution in [3.8, 4) is 0 Å². The predicted molar refractivity (Wildman–Crippen MR) is 57.0 cm³/mol. The van der Waals surface area contributed by atoms with Gasteiger partial charge in [0.25, 0.3) is 8.05 Å². The molecule has 2 saturated heterocycles. The van der Waals surface area contributed by atoms with Crippen molar-refractivity contribution < 1.29 is 29.1 Å². The van der Waals surface area contributed by atoms with E-state index in [4.69, 9.17) is 26.9 Å². The first-order chi connectivity index (χ1) is 7.86. The summed E-state index contributed by atoms with van der Waals surface area (Å²) < 4.78 is 21.5. The number of fused-ring (bicyclic) bond motifs is 1. The Labute approximate surface area is 101 Å². The van der Waals surface area contributed by atoms with Gasteiger partial charge in [-0.3, -0.25) is 0 Å². The first-order valence-electron chi connectivity index (χ1n) is 5.54. The van der Waals surface area contributed by atoms with Crippen molar-refractivity contribution in [1.29, 1.82) is 0 Å². The van der Waals surface area contributed by atoms with E-state index in [2.05, 4.69) is 0 Å². The highest BCUT2D eigenvalue weighted by Gasteiger charge is 2.63. The summed E-state index contributed by atoms with van der Waals surface area (Å²) in [7, 11) is 5.23. The summed E-state index contributed by atoms with van der Waals surface area (Å²) >= 11 is 0. The maximum Gasteiger partial charge on any atom is 0.283 e. The highest BCUT2D eigenvalue weighted by Crippen LogP contribution is 2.44. The molecule has 2 aliphatic heterocycles. The van der Waals surface area contributed by atoms with Gasteiger partial charge in [0.1, 0.15) is 17.8 Å². The maximum atomic E-state index is 9.76. The molecule has 2 radical (unpaired) electrons. The molecule has 2 rings (SSSR count). The van der Waals surface area contributed by atoms with Crippen LogP contribution >= 0.6 is 0 Å². The van der Waals surface area contributed by atoms with Crippen LogP contribution in [0.25, 0.3) is 0 Å². The molecule has 2 aliphatic rings. The van der Waals surface area contributed by atoms with Gasteiger partial charge >= 0.3 is 0 Å². The zero-order valence-electron chi connectivity index (χ0n) is 10.1. The van der Waals surface area contributed by atoms with E-state index < -0.39 is 42.6 Å². The quantitative estimate of drug-likeness (QED) is 0.625. The summed E-state index contributed by atoms with van der Waals surface area (Å²) in [6.45, 7) is 4.54. The van der Waals surface area contributed by atoms with E-state index in [-0.39, 0.29) is 0 Å². The molecule has 0 aliphatic carbocycles. The predicted octanol–water partition coefficient (Wildman–Crippen LogP) is -0.925. The number of hydrogen-bond donors (Lipinski definition) is 2. The molecule has 2 heterocycles. The van der Waals surface area contributed by atoms with Crippen LogP contribution in [0.4, 0.5) is 0 Å². The normalized spacial score (nSPS) is 45.8. The second-order valence-corrected chi connectivity index (χ2v) is 4.93. The highest BCUT2D eigenvalue weighted by molar-refractivity contribution is 5.98. The molecule has 17 heavy (non-hydrogen) atoms. The summed E-state index contributed by atoms with van der Waals surface area (Å²) in [6, 6.07) is 0. The van der Waals surface area contributed by atoms with Gasteiger partial charge in [0.05, 0.1) is 12.7 Å². The Kier molecular flexibility index (Phi) is 3.27. The molecule has 0 amide bonds. The lowest BCUT2D eigenvalue weighted by molar-refractivity contribution is -0.261. The average molecular weight is 244 g/mol. The van der Waals surface area contributed by atoms with E-state index in [0.29, 0.717) is 0 Å². The topological polar surface area (TPSA) is 77.4 Å². The van der Waals surface area contributed by atoms with Crippen molar-refractivity contribution in [3.05, 3.63) is 0 Å². The van der Waals surface area contributed by atoms with Crippen LogP contribution < -0.4 is 0 Å². The van der Waals surface area contributed by atoms with E-state index in [9.17, 15) is 10.2 Å². The molecule has 5 atom stereocenters. The minimum absolute atomic E-state index is 0.438. The van der Waals surface area contributed by atoms with Gasteiger partial charge in [-0.15, -0.1) is 0 Å². The monoisotopic (exact) mass is 244 g/mol. The van der Waals surface area contributed by atoms with Crippen LogP contribution in [0.1, 0.15) is 20.8 Å². The minimum atomic E-state index is -1.32. The summed E-state index contributed by atoms with van der Waals surface area (Å²) in [4.78, 5) is 0. The Bertz CT molecular complexity index is 297. The molecule has 0 bridgehead atoms. The molecule has 0 aromatic carbocycles. The van der Waals surface area contributed by atoms with Gasteiger partial charge in [-0.05, 0) is 20.8 Å². The maximum absolute atomic E-state index is 9.76. The summed E-state index contributed by atoms with van der Waals surface area (Å²) in [6.07, 6.45) is -3.04. The van der Waals surface area contributed by atoms with Crippen molar-refractivity contribution in [2.24, 2.45) is 0 Å². The van der Waals surface area contributed by atoms with Crippen molar-refractivity contribution in [2.45, 2.75) is 56.8 Å². The van der Waals surface area contributed by atoms with Crippen molar-refractivity contribution in [1.82, 2.24) is 0 Å². The SMILES string of the molecule is [B]O[C@H]1[C@H]2OC(C)(C)O[C@H]2O[C@@]1(CO)[C@H](C)O. The third-order valence-corrected chi connectivity index (χ3v) is 3.30. The lowest BCUT2D eigenvalue weighted by Gasteiger charge is -2.37. The van der Waals surface area contributed by atoms with E-state index in [0.717, 1.165) is 0 Å². The first kappa shape index (κ1) is 13.3. The molecule has 0 saturated carbocycles. The lowest BCUT2D eigenvalue weighted by Crippen LogP contribution is -2.56. The Morgan fingerprint density at radius 3 is 2.47 bits per heavy atom. The van der Waals surface area contributed by atoms with Gasteiger partial charge in [0, 0.05) is 0 Å². The Balaban J connectivity index is 2.26. The third-order valence-electron chi connectivity index (χ3n) is 3.30. The van der Waals surface area contributed by atoms with E-state index in [1.54, 1.807) is 13.8 Å². The fraction of sp³-hybridized carbons (Fsp3) is 1.00. The highest BCUT2D eigenvalue weighted by atomic mass is 16.8. The molecule has 0 spiro atoms. The third kappa shape index (κ3) is 1.91. The standard InChI is InChI=1S/C10H17BO6/c1-5(13)10(4-12)7(17-11)6-8(16-10)15-9(2,3)14-6/h5-8,12-13H,4H2,1-3H3/t5-,6+,7-,8-,10-/m0/s1. The van der Waals surface area contributed by atoms with Gasteiger partial charge in [0.2, 0.25) is 0 Å². The fourth-order valence-corrected chi connectivity index (χ4v) is 2.40. The first-order valence-corrected chi connectivity index (χ1v) is 5.54. The van der Waals surface area contributed by atoms with Gasteiger partial charge in [0.15, 0.2) is 12.1 Å². The second-order valence-electron chi connectivity index (χ2n) is 4.93. The van der Waals surface area contributed by atoms with E-state index in [1.165, 1.54) is 6.92 Å².